The zero-order valence-corrected chi connectivity index (χ0v) is 14.8. The Kier molecular flexibility index (Phi) is 5.93. The summed E-state index contributed by atoms with van der Waals surface area (Å²) in [5, 5.41) is 4.19. The van der Waals surface area contributed by atoms with E-state index in [9.17, 15) is 4.79 Å². The van der Waals surface area contributed by atoms with Crippen molar-refractivity contribution in [3.05, 3.63) is 77.9 Å². The van der Waals surface area contributed by atoms with Gasteiger partial charge in [0.1, 0.15) is 5.75 Å². The second kappa shape index (κ2) is 8.55. The molecule has 126 valence electrons. The van der Waals surface area contributed by atoms with Gasteiger partial charge in [-0.1, -0.05) is 53.7 Å². The van der Waals surface area contributed by atoms with Crippen LogP contribution < -0.4 is 10.1 Å². The lowest BCUT2D eigenvalue weighted by atomic mass is 10.3. The van der Waals surface area contributed by atoms with E-state index >= 15 is 0 Å². The van der Waals surface area contributed by atoms with E-state index in [2.05, 4.69) is 10.3 Å². The van der Waals surface area contributed by atoms with Crippen LogP contribution in [0, 0.1) is 0 Å². The first-order valence-corrected chi connectivity index (χ1v) is 8.93. The number of para-hydroxylation sites is 3. The number of hydrogen-bond donors (Lipinski definition) is 1. The quantitative estimate of drug-likeness (QED) is 0.601. The number of rotatable bonds is 6. The second-order valence-electron chi connectivity index (χ2n) is 5.06. The first-order valence-electron chi connectivity index (χ1n) is 7.57. The lowest BCUT2D eigenvalue weighted by molar-refractivity contribution is -0.113. The largest absolute Gasteiger partial charge is 0.455 e. The van der Waals surface area contributed by atoms with Crippen molar-refractivity contribution in [3.8, 4) is 11.5 Å². The van der Waals surface area contributed by atoms with Gasteiger partial charge in [-0.15, -0.1) is 0 Å². The van der Waals surface area contributed by atoms with Gasteiger partial charge in [-0.05, 0) is 36.4 Å². The molecule has 0 saturated heterocycles. The zero-order chi connectivity index (χ0) is 17.5. The van der Waals surface area contributed by atoms with Crippen LogP contribution in [0.25, 0.3) is 0 Å². The Balaban J connectivity index is 1.62. The number of thioether (sulfide) groups is 1. The van der Waals surface area contributed by atoms with Crippen LogP contribution in [0.15, 0.2) is 78.0 Å². The number of pyridine rings is 1. The van der Waals surface area contributed by atoms with Crippen LogP contribution in [0.1, 0.15) is 0 Å². The molecule has 0 aliphatic carbocycles. The molecule has 0 radical (unpaired) electrons. The van der Waals surface area contributed by atoms with E-state index in [1.807, 2.05) is 48.5 Å². The van der Waals surface area contributed by atoms with E-state index in [1.165, 1.54) is 11.8 Å². The fraction of sp³-hybridized carbons (Fsp3) is 0.0526. The fourth-order valence-electron chi connectivity index (χ4n) is 2.05. The van der Waals surface area contributed by atoms with Gasteiger partial charge >= 0.3 is 0 Å². The maximum atomic E-state index is 12.2. The number of benzene rings is 2. The number of nitrogens with zero attached hydrogens (tertiary/aromatic N) is 1. The summed E-state index contributed by atoms with van der Waals surface area (Å²) < 4.78 is 5.84. The van der Waals surface area contributed by atoms with E-state index < -0.39 is 0 Å². The summed E-state index contributed by atoms with van der Waals surface area (Å²) in [7, 11) is 0. The van der Waals surface area contributed by atoms with Crippen LogP contribution in [-0.2, 0) is 4.79 Å². The van der Waals surface area contributed by atoms with E-state index in [0.717, 1.165) is 5.03 Å². The van der Waals surface area contributed by atoms with Crippen molar-refractivity contribution in [2.24, 2.45) is 0 Å². The Labute approximate surface area is 155 Å². The van der Waals surface area contributed by atoms with Crippen LogP contribution >= 0.6 is 23.4 Å². The predicted molar refractivity (Wildman–Crippen MR) is 102 cm³/mol. The molecule has 0 fully saturated rings. The number of nitrogens with one attached hydrogen (secondary N) is 1. The molecule has 3 rings (SSSR count). The smallest absolute Gasteiger partial charge is 0.234 e. The number of ether oxygens (including phenoxy) is 1. The normalized spacial score (nSPS) is 10.3. The van der Waals surface area contributed by atoms with Crippen molar-refractivity contribution in [1.82, 2.24) is 4.98 Å². The highest BCUT2D eigenvalue weighted by Gasteiger charge is 2.09. The molecule has 0 bridgehead atoms. The van der Waals surface area contributed by atoms with Crippen LogP contribution in [-0.4, -0.2) is 16.6 Å². The van der Waals surface area contributed by atoms with E-state index in [1.54, 1.807) is 24.4 Å². The molecule has 0 aliphatic rings. The molecule has 0 spiro atoms. The van der Waals surface area contributed by atoms with Crippen LogP contribution in [0.3, 0.4) is 0 Å². The minimum Gasteiger partial charge on any atom is -0.455 e. The third-order valence-electron chi connectivity index (χ3n) is 3.18. The number of carbonyl (C=O) groups is 1. The van der Waals surface area contributed by atoms with Crippen molar-refractivity contribution in [2.45, 2.75) is 5.03 Å². The first-order chi connectivity index (χ1) is 12.2. The Bertz CT molecular complexity index is 842. The maximum absolute atomic E-state index is 12.2. The number of halogens is 1. The van der Waals surface area contributed by atoms with Gasteiger partial charge < -0.3 is 10.1 Å². The van der Waals surface area contributed by atoms with Gasteiger partial charge in [0.15, 0.2) is 5.75 Å². The minimum absolute atomic E-state index is 0.133. The van der Waals surface area contributed by atoms with Gasteiger partial charge in [0.2, 0.25) is 5.91 Å². The lowest BCUT2D eigenvalue weighted by Crippen LogP contribution is -2.14. The van der Waals surface area contributed by atoms with Gasteiger partial charge in [0, 0.05) is 6.20 Å². The third-order valence-corrected chi connectivity index (χ3v) is 4.35. The molecule has 6 heteroatoms. The highest BCUT2D eigenvalue weighted by Crippen LogP contribution is 2.29. The molecule has 25 heavy (non-hydrogen) atoms. The fourth-order valence-corrected chi connectivity index (χ4v) is 2.80. The summed E-state index contributed by atoms with van der Waals surface area (Å²) in [5.41, 5.74) is 0.626. The van der Waals surface area contributed by atoms with Crippen molar-refractivity contribution >= 4 is 35.0 Å². The number of carbonyl (C=O) groups excluding carboxylic acids is 1. The molecule has 4 nitrogen and oxygen atoms in total. The highest BCUT2D eigenvalue weighted by molar-refractivity contribution is 7.99. The number of amides is 1. The van der Waals surface area contributed by atoms with Crippen LogP contribution in [0.2, 0.25) is 5.02 Å². The first kappa shape index (κ1) is 17.3. The summed E-state index contributed by atoms with van der Waals surface area (Å²) in [6, 6.07) is 20.3. The van der Waals surface area contributed by atoms with Gasteiger partial charge in [-0.25, -0.2) is 4.98 Å². The van der Waals surface area contributed by atoms with Gasteiger partial charge in [-0.2, -0.15) is 0 Å². The molecule has 0 unspecified atom stereocenters. The van der Waals surface area contributed by atoms with E-state index in [4.69, 9.17) is 16.3 Å². The zero-order valence-electron chi connectivity index (χ0n) is 13.2. The van der Waals surface area contributed by atoms with Crippen molar-refractivity contribution in [3.63, 3.8) is 0 Å². The summed E-state index contributed by atoms with van der Waals surface area (Å²) >= 11 is 7.14. The van der Waals surface area contributed by atoms with Gasteiger partial charge in [0.05, 0.1) is 21.5 Å². The molecule has 1 heterocycles. The number of anilines is 1. The summed E-state index contributed by atoms with van der Waals surface area (Å²) in [6.45, 7) is 0. The molecule has 3 aromatic rings. The van der Waals surface area contributed by atoms with Crippen LogP contribution in [0.4, 0.5) is 5.69 Å². The maximum Gasteiger partial charge on any atom is 0.234 e. The topological polar surface area (TPSA) is 51.2 Å². The minimum atomic E-state index is -0.133. The van der Waals surface area contributed by atoms with Crippen molar-refractivity contribution < 1.29 is 9.53 Å². The van der Waals surface area contributed by atoms with Gasteiger partial charge in [-0.3, -0.25) is 4.79 Å². The van der Waals surface area contributed by atoms with Gasteiger partial charge in [0.25, 0.3) is 0 Å². The molecule has 2 aromatic carbocycles. The molecular formula is C19H15ClN2O2S. The Morgan fingerprint density at radius 3 is 2.56 bits per heavy atom. The SMILES string of the molecule is O=C(CSc1ccc(Cl)cn1)Nc1ccccc1Oc1ccccc1. The Morgan fingerprint density at radius 2 is 1.80 bits per heavy atom. The number of aromatic nitrogens is 1. The van der Waals surface area contributed by atoms with Crippen LogP contribution in [0.5, 0.6) is 11.5 Å². The van der Waals surface area contributed by atoms with E-state index in [0.29, 0.717) is 22.2 Å². The molecule has 0 aliphatic heterocycles. The standard InChI is InChI=1S/C19H15ClN2O2S/c20-14-10-11-19(21-12-14)25-13-18(23)22-16-8-4-5-9-17(16)24-15-6-2-1-3-7-15/h1-12H,13H2,(H,22,23). The average Bonchev–Trinajstić information content (AvgIpc) is 2.64. The summed E-state index contributed by atoms with van der Waals surface area (Å²) in [5.74, 6) is 1.42. The molecule has 0 atom stereocenters. The highest BCUT2D eigenvalue weighted by atomic mass is 35.5. The third kappa shape index (κ3) is 5.24. The second-order valence-corrected chi connectivity index (χ2v) is 6.49. The average molecular weight is 371 g/mol. The monoisotopic (exact) mass is 370 g/mol. The molecule has 1 N–H and O–H groups in total. The molecular weight excluding hydrogens is 356 g/mol. The van der Waals surface area contributed by atoms with E-state index in [-0.39, 0.29) is 11.7 Å². The lowest BCUT2D eigenvalue weighted by Gasteiger charge is -2.12. The molecule has 1 aromatic heterocycles. The predicted octanol–water partition coefficient (Wildman–Crippen LogP) is 5.26. The van der Waals surface area contributed by atoms with Crippen molar-refractivity contribution in [1.29, 1.82) is 0 Å². The molecule has 0 saturated carbocycles. The Hall–Kier alpha value is -2.50. The van der Waals surface area contributed by atoms with Crippen molar-refractivity contribution in [2.75, 3.05) is 11.1 Å². The summed E-state index contributed by atoms with van der Waals surface area (Å²) in [6.07, 6.45) is 1.56. The summed E-state index contributed by atoms with van der Waals surface area (Å²) in [4.78, 5) is 16.4. The number of hydrogen-bond acceptors (Lipinski definition) is 4. The Morgan fingerprint density at radius 1 is 1.04 bits per heavy atom. The molecule has 1 amide bonds.